The largest absolute Gasteiger partial charge is 0.497 e. The Morgan fingerprint density at radius 2 is 1.65 bits per heavy atom. The summed E-state index contributed by atoms with van der Waals surface area (Å²) in [4.78, 5) is 13.4. The molecule has 3 aromatic carbocycles. The summed E-state index contributed by atoms with van der Waals surface area (Å²) in [5.74, 6) is 0.161. The van der Waals surface area contributed by atoms with Crippen LogP contribution in [-0.2, 0) is 24.7 Å². The smallest absolute Gasteiger partial charge is 0.264 e. The molecule has 3 aromatic rings. The molecular formula is C25H25ClN2O7S2. The van der Waals surface area contributed by atoms with E-state index in [0.717, 1.165) is 10.6 Å². The Balaban J connectivity index is 1.60. The van der Waals surface area contributed by atoms with Crippen LogP contribution in [-0.4, -0.2) is 48.8 Å². The second kappa shape index (κ2) is 10.2. The Kier molecular flexibility index (Phi) is 7.40. The zero-order chi connectivity index (χ0) is 27.0. The van der Waals surface area contributed by atoms with Gasteiger partial charge in [0.25, 0.3) is 15.9 Å². The van der Waals surface area contributed by atoms with Crippen LogP contribution in [0, 0.1) is 0 Å². The summed E-state index contributed by atoms with van der Waals surface area (Å²) in [6, 6.07) is 16.1. The lowest BCUT2D eigenvalue weighted by Crippen LogP contribution is -2.51. The normalized spacial score (nSPS) is 16.3. The van der Waals surface area contributed by atoms with E-state index in [1.165, 1.54) is 55.6 Å². The molecule has 1 aliphatic rings. The molecule has 0 spiro atoms. The zero-order valence-electron chi connectivity index (χ0n) is 20.2. The highest BCUT2D eigenvalue weighted by molar-refractivity contribution is 7.92. The van der Waals surface area contributed by atoms with E-state index in [0.29, 0.717) is 16.3 Å². The van der Waals surface area contributed by atoms with Gasteiger partial charge in [-0.1, -0.05) is 23.7 Å². The van der Waals surface area contributed by atoms with Crippen molar-refractivity contribution < 1.29 is 31.1 Å². The summed E-state index contributed by atoms with van der Waals surface area (Å²) in [6.07, 6.45) is -0.0378. The fraction of sp³-hybridized carbons (Fsp3) is 0.240. The monoisotopic (exact) mass is 564 g/mol. The summed E-state index contributed by atoms with van der Waals surface area (Å²) in [5.41, 5.74) is 0.892. The standard InChI is InChI=1S/C25H25ClN2O7S2/c1-16(17-4-9-20(10-5-17)36(3,30)31)27-25(29)24-15-28(22-14-18(26)6-13-23(22)35-24)37(32,33)21-11-7-19(34-2)8-12-21/h4-14,16,24H,15H2,1-3H3,(H,27,29)/t16-,24+/m0/s1. The fourth-order valence-corrected chi connectivity index (χ4v) is 6.12. The number of rotatable bonds is 7. The molecule has 2 atom stereocenters. The van der Waals surface area contributed by atoms with Gasteiger partial charge in [0.1, 0.15) is 11.5 Å². The molecule has 1 N–H and O–H groups in total. The van der Waals surface area contributed by atoms with Crippen LogP contribution < -0.4 is 19.1 Å². The molecule has 37 heavy (non-hydrogen) atoms. The average molecular weight is 565 g/mol. The summed E-state index contributed by atoms with van der Waals surface area (Å²) < 4.78 is 62.7. The van der Waals surface area contributed by atoms with Crippen LogP contribution in [0.4, 0.5) is 5.69 Å². The number of amides is 1. The minimum atomic E-state index is -4.08. The molecule has 0 unspecified atom stereocenters. The van der Waals surface area contributed by atoms with E-state index in [4.69, 9.17) is 21.1 Å². The summed E-state index contributed by atoms with van der Waals surface area (Å²) in [6.45, 7) is 1.45. The number of halogens is 1. The lowest BCUT2D eigenvalue weighted by molar-refractivity contribution is -0.128. The lowest BCUT2D eigenvalue weighted by atomic mass is 10.1. The number of sulfone groups is 1. The maximum Gasteiger partial charge on any atom is 0.264 e. The molecule has 0 radical (unpaired) electrons. The number of benzene rings is 3. The summed E-state index contributed by atoms with van der Waals surface area (Å²) >= 11 is 6.14. The van der Waals surface area contributed by atoms with Gasteiger partial charge in [-0.2, -0.15) is 0 Å². The molecule has 4 rings (SSSR count). The zero-order valence-corrected chi connectivity index (χ0v) is 22.6. The van der Waals surface area contributed by atoms with E-state index >= 15 is 0 Å². The van der Waals surface area contributed by atoms with Crippen LogP contribution in [0.15, 0.2) is 76.5 Å². The predicted octanol–water partition coefficient (Wildman–Crippen LogP) is 3.59. The Labute approximate surface area is 220 Å². The van der Waals surface area contributed by atoms with Crippen molar-refractivity contribution in [3.63, 3.8) is 0 Å². The number of carbonyl (C=O) groups excluding carboxylic acids is 1. The number of hydrogen-bond acceptors (Lipinski definition) is 7. The van der Waals surface area contributed by atoms with Crippen LogP contribution in [0.1, 0.15) is 18.5 Å². The van der Waals surface area contributed by atoms with Gasteiger partial charge in [0.2, 0.25) is 0 Å². The number of nitrogens with one attached hydrogen (secondary N) is 1. The number of nitrogens with zero attached hydrogens (tertiary/aromatic N) is 1. The Bertz CT molecular complexity index is 1520. The van der Waals surface area contributed by atoms with Gasteiger partial charge < -0.3 is 14.8 Å². The van der Waals surface area contributed by atoms with Crippen molar-refractivity contribution in [3.05, 3.63) is 77.3 Å². The number of hydrogen-bond donors (Lipinski definition) is 1. The van der Waals surface area contributed by atoms with Gasteiger partial charge in [-0.3, -0.25) is 9.10 Å². The first kappa shape index (κ1) is 26.8. The molecule has 0 bridgehead atoms. The molecule has 196 valence electrons. The van der Waals surface area contributed by atoms with E-state index in [1.807, 2.05) is 0 Å². The molecule has 0 fully saturated rings. The SMILES string of the molecule is COc1ccc(S(=O)(=O)N2C[C@H](C(=O)N[C@@H](C)c3ccc(S(C)(=O)=O)cc3)Oc3ccc(Cl)cc32)cc1. The first-order valence-corrected chi connectivity index (χ1v) is 14.8. The van der Waals surface area contributed by atoms with Gasteiger partial charge >= 0.3 is 0 Å². The molecular weight excluding hydrogens is 540 g/mol. The third-order valence-corrected chi connectivity index (χ3v) is 9.05. The highest BCUT2D eigenvalue weighted by Crippen LogP contribution is 2.39. The quantitative estimate of drug-likeness (QED) is 0.466. The van der Waals surface area contributed by atoms with Crippen LogP contribution in [0.5, 0.6) is 11.5 Å². The number of methoxy groups -OCH3 is 1. The highest BCUT2D eigenvalue weighted by atomic mass is 35.5. The molecule has 0 saturated heterocycles. The summed E-state index contributed by atoms with van der Waals surface area (Å²) in [5, 5.41) is 3.13. The van der Waals surface area contributed by atoms with Gasteiger partial charge in [-0.25, -0.2) is 16.8 Å². The van der Waals surface area contributed by atoms with Gasteiger partial charge in [-0.15, -0.1) is 0 Å². The maximum absolute atomic E-state index is 13.6. The molecule has 0 aliphatic carbocycles. The Hall–Kier alpha value is -3.28. The lowest BCUT2D eigenvalue weighted by Gasteiger charge is -2.35. The number of fused-ring (bicyclic) bond motifs is 1. The molecule has 1 amide bonds. The molecule has 0 saturated carbocycles. The van der Waals surface area contributed by atoms with Crippen molar-refractivity contribution in [2.24, 2.45) is 0 Å². The fourth-order valence-electron chi connectivity index (χ4n) is 3.86. The first-order valence-electron chi connectivity index (χ1n) is 11.1. The van der Waals surface area contributed by atoms with Crippen LogP contribution in [0.25, 0.3) is 0 Å². The molecule has 1 heterocycles. The van der Waals surface area contributed by atoms with Gasteiger partial charge in [0.05, 0.1) is 35.2 Å². The average Bonchev–Trinajstić information content (AvgIpc) is 2.87. The number of carbonyl (C=O) groups is 1. The van der Waals surface area contributed by atoms with Crippen molar-refractivity contribution in [2.75, 3.05) is 24.2 Å². The third-order valence-electron chi connectivity index (χ3n) is 5.90. The molecule has 0 aromatic heterocycles. The van der Waals surface area contributed by atoms with Gasteiger partial charge in [0.15, 0.2) is 15.9 Å². The van der Waals surface area contributed by atoms with Crippen LogP contribution in [0.2, 0.25) is 5.02 Å². The van der Waals surface area contributed by atoms with Gasteiger partial charge in [-0.05, 0) is 67.1 Å². The van der Waals surface area contributed by atoms with E-state index in [9.17, 15) is 21.6 Å². The van der Waals surface area contributed by atoms with Crippen LogP contribution in [0.3, 0.4) is 0 Å². The summed E-state index contributed by atoms with van der Waals surface area (Å²) in [7, 11) is -5.95. The topological polar surface area (TPSA) is 119 Å². The minimum absolute atomic E-state index is 0.0135. The van der Waals surface area contributed by atoms with Crippen molar-refractivity contribution in [1.29, 1.82) is 0 Å². The van der Waals surface area contributed by atoms with Crippen molar-refractivity contribution in [1.82, 2.24) is 5.32 Å². The van der Waals surface area contributed by atoms with Crippen molar-refractivity contribution >= 4 is 43.1 Å². The molecule has 1 aliphatic heterocycles. The molecule has 9 nitrogen and oxygen atoms in total. The van der Waals surface area contributed by atoms with Crippen molar-refractivity contribution in [3.8, 4) is 11.5 Å². The predicted molar refractivity (Wildman–Crippen MR) is 140 cm³/mol. The molecule has 12 heteroatoms. The van der Waals surface area contributed by atoms with E-state index < -0.39 is 37.9 Å². The van der Waals surface area contributed by atoms with E-state index in [-0.39, 0.29) is 27.8 Å². The third kappa shape index (κ3) is 5.68. The second-order valence-corrected chi connectivity index (χ2v) is 12.8. The second-order valence-electron chi connectivity index (χ2n) is 8.50. The number of sulfonamides is 1. The maximum atomic E-state index is 13.6. The van der Waals surface area contributed by atoms with Crippen molar-refractivity contribution in [2.45, 2.75) is 28.9 Å². The van der Waals surface area contributed by atoms with E-state index in [1.54, 1.807) is 25.1 Å². The van der Waals surface area contributed by atoms with E-state index in [2.05, 4.69) is 5.32 Å². The number of ether oxygens (including phenoxy) is 2. The Morgan fingerprint density at radius 1 is 1.03 bits per heavy atom. The van der Waals surface area contributed by atoms with Crippen LogP contribution >= 0.6 is 11.6 Å². The number of anilines is 1. The van der Waals surface area contributed by atoms with Gasteiger partial charge in [0, 0.05) is 11.3 Å². The first-order chi connectivity index (χ1) is 17.4. The highest BCUT2D eigenvalue weighted by Gasteiger charge is 2.38. The minimum Gasteiger partial charge on any atom is -0.497 e. The Morgan fingerprint density at radius 3 is 2.24 bits per heavy atom.